The van der Waals surface area contributed by atoms with Gasteiger partial charge in [-0.1, -0.05) is 0 Å². The van der Waals surface area contributed by atoms with Crippen molar-refractivity contribution in [2.75, 3.05) is 18.0 Å². The maximum atomic E-state index is 13.5. The second-order valence-electron chi connectivity index (χ2n) is 10.8. The van der Waals surface area contributed by atoms with Crippen molar-refractivity contribution in [3.8, 4) is 11.1 Å². The van der Waals surface area contributed by atoms with E-state index in [9.17, 15) is 14.3 Å². The van der Waals surface area contributed by atoms with Crippen molar-refractivity contribution >= 4 is 11.7 Å². The van der Waals surface area contributed by atoms with Crippen LogP contribution in [0.25, 0.3) is 11.1 Å². The van der Waals surface area contributed by atoms with Gasteiger partial charge < -0.3 is 15.3 Å². The number of aliphatic hydroxyl groups is 1. The maximum absolute atomic E-state index is 13.5. The zero-order chi connectivity index (χ0) is 22.6. The van der Waals surface area contributed by atoms with E-state index in [2.05, 4.69) is 20.2 Å². The number of nitrogens with one attached hydrogen (secondary N) is 1. The van der Waals surface area contributed by atoms with E-state index in [1.807, 2.05) is 12.1 Å². The minimum Gasteiger partial charge on any atom is -0.393 e. The fourth-order valence-electron chi connectivity index (χ4n) is 7.21. The second kappa shape index (κ2) is 8.05. The Morgan fingerprint density at radius 1 is 1.06 bits per heavy atom. The Kier molecular flexibility index (Phi) is 5.13. The Labute approximate surface area is 193 Å². The largest absolute Gasteiger partial charge is 0.393 e. The number of carbonyl (C=O) groups is 1. The van der Waals surface area contributed by atoms with Crippen LogP contribution in [0.5, 0.6) is 0 Å². The highest BCUT2D eigenvalue weighted by Crippen LogP contribution is 2.60. The third-order valence-corrected chi connectivity index (χ3v) is 8.59. The van der Waals surface area contributed by atoms with E-state index in [4.69, 9.17) is 0 Å². The summed E-state index contributed by atoms with van der Waals surface area (Å²) in [7, 11) is 0. The zero-order valence-corrected chi connectivity index (χ0v) is 18.8. The molecule has 4 saturated carbocycles. The van der Waals surface area contributed by atoms with Gasteiger partial charge in [0.15, 0.2) is 0 Å². The van der Waals surface area contributed by atoms with Crippen molar-refractivity contribution in [3.63, 3.8) is 0 Å². The number of aromatic nitrogens is 2. The number of rotatable bonds is 4. The van der Waals surface area contributed by atoms with E-state index in [0.29, 0.717) is 17.8 Å². The molecule has 7 heteroatoms. The van der Waals surface area contributed by atoms with E-state index in [1.165, 1.54) is 12.3 Å². The first-order chi connectivity index (χ1) is 16.0. The SMILES string of the molecule is O=C(N[C@H]1CCCN(c2ccc(-c3ccc(F)nc3)cn2)C1)C12CC3CC(C1)C(O)C(C3)C2. The molecular formula is C26H31FN4O2. The van der Waals surface area contributed by atoms with Gasteiger partial charge in [0.25, 0.3) is 0 Å². The lowest BCUT2D eigenvalue weighted by atomic mass is 9.48. The molecule has 5 aliphatic rings. The van der Waals surface area contributed by atoms with Crippen LogP contribution in [-0.4, -0.2) is 46.2 Å². The number of carbonyl (C=O) groups excluding carboxylic acids is 1. The summed E-state index contributed by atoms with van der Waals surface area (Å²) in [6, 6.07) is 7.15. The van der Waals surface area contributed by atoms with Gasteiger partial charge in [-0.15, -0.1) is 0 Å². The van der Waals surface area contributed by atoms with Crippen molar-refractivity contribution in [1.29, 1.82) is 0 Å². The summed E-state index contributed by atoms with van der Waals surface area (Å²) >= 11 is 0. The molecule has 5 fully saturated rings. The molecule has 2 aromatic heterocycles. The quantitative estimate of drug-likeness (QED) is 0.697. The summed E-state index contributed by atoms with van der Waals surface area (Å²) in [5, 5.41) is 13.9. The fourth-order valence-corrected chi connectivity index (χ4v) is 7.21. The van der Waals surface area contributed by atoms with E-state index < -0.39 is 5.95 Å². The average Bonchev–Trinajstić information content (AvgIpc) is 2.83. The molecule has 174 valence electrons. The van der Waals surface area contributed by atoms with Crippen molar-refractivity contribution in [3.05, 3.63) is 42.6 Å². The number of hydrogen-bond donors (Lipinski definition) is 2. The highest BCUT2D eigenvalue weighted by Gasteiger charge is 2.58. The molecule has 0 spiro atoms. The van der Waals surface area contributed by atoms with Gasteiger partial charge in [-0.3, -0.25) is 4.79 Å². The Bertz CT molecular complexity index is 1010. The summed E-state index contributed by atoms with van der Waals surface area (Å²) in [4.78, 5) is 24.1. The van der Waals surface area contributed by atoms with Crippen LogP contribution in [0.1, 0.15) is 44.9 Å². The van der Waals surface area contributed by atoms with Gasteiger partial charge in [0.05, 0.1) is 11.5 Å². The molecule has 1 saturated heterocycles. The Hall–Kier alpha value is -2.54. The van der Waals surface area contributed by atoms with E-state index in [-0.39, 0.29) is 23.5 Å². The molecule has 1 amide bonds. The Balaban J connectivity index is 1.11. The second-order valence-corrected chi connectivity index (χ2v) is 10.8. The number of aliphatic hydroxyl groups excluding tert-OH is 1. The standard InChI is InChI=1S/C26H31FN4O2/c27-22-5-3-17(13-28-22)18-4-6-23(29-14-18)31-7-1-2-21(15-31)30-25(33)26-10-16-8-19(11-26)24(32)20(9-16)12-26/h3-6,13-14,16,19-21,24,32H,1-2,7-12,15H2,(H,30,33)/t16?,19?,20?,21-,24?,26?/m0/s1. The lowest BCUT2D eigenvalue weighted by molar-refractivity contribution is -0.163. The van der Waals surface area contributed by atoms with Crippen molar-refractivity contribution < 1.29 is 14.3 Å². The molecule has 2 N–H and O–H groups in total. The lowest BCUT2D eigenvalue weighted by Crippen LogP contribution is -2.60. The first kappa shape index (κ1) is 21.0. The molecule has 4 bridgehead atoms. The van der Waals surface area contributed by atoms with Crippen LogP contribution in [0.15, 0.2) is 36.7 Å². The average molecular weight is 451 g/mol. The van der Waals surface area contributed by atoms with E-state index in [1.54, 1.807) is 12.3 Å². The normalized spacial score (nSPS) is 35.0. The molecule has 3 heterocycles. The molecule has 0 aromatic carbocycles. The smallest absolute Gasteiger partial charge is 0.226 e. The number of hydrogen-bond acceptors (Lipinski definition) is 5. The van der Waals surface area contributed by atoms with Crippen molar-refractivity contribution in [1.82, 2.24) is 15.3 Å². The first-order valence-electron chi connectivity index (χ1n) is 12.3. The molecule has 2 unspecified atom stereocenters. The number of pyridine rings is 2. The number of halogens is 1. The Morgan fingerprint density at radius 2 is 1.79 bits per heavy atom. The van der Waals surface area contributed by atoms with Gasteiger partial charge >= 0.3 is 0 Å². The molecule has 33 heavy (non-hydrogen) atoms. The van der Waals surface area contributed by atoms with Crippen LogP contribution in [0.2, 0.25) is 0 Å². The molecule has 1 aliphatic heterocycles. The minimum absolute atomic E-state index is 0.118. The molecule has 4 aliphatic carbocycles. The summed E-state index contributed by atoms with van der Waals surface area (Å²) in [5.74, 6) is 1.85. The highest BCUT2D eigenvalue weighted by molar-refractivity contribution is 5.83. The first-order valence-corrected chi connectivity index (χ1v) is 12.3. The van der Waals surface area contributed by atoms with Gasteiger partial charge in [0.1, 0.15) is 5.82 Å². The van der Waals surface area contributed by atoms with Gasteiger partial charge in [-0.05, 0) is 87.0 Å². The third kappa shape index (κ3) is 3.80. The van der Waals surface area contributed by atoms with Crippen LogP contribution in [0.3, 0.4) is 0 Å². The summed E-state index contributed by atoms with van der Waals surface area (Å²) in [6.45, 7) is 1.67. The van der Waals surface area contributed by atoms with Crippen LogP contribution in [0.4, 0.5) is 10.2 Å². The van der Waals surface area contributed by atoms with Gasteiger partial charge in [0.2, 0.25) is 11.9 Å². The van der Waals surface area contributed by atoms with E-state index >= 15 is 0 Å². The van der Waals surface area contributed by atoms with Crippen LogP contribution >= 0.6 is 0 Å². The van der Waals surface area contributed by atoms with E-state index in [0.717, 1.165) is 75.0 Å². The molecule has 2 aromatic rings. The van der Waals surface area contributed by atoms with Crippen molar-refractivity contribution in [2.24, 2.45) is 23.2 Å². The van der Waals surface area contributed by atoms with Crippen molar-refractivity contribution in [2.45, 2.75) is 57.1 Å². The Morgan fingerprint density at radius 3 is 2.45 bits per heavy atom. The third-order valence-electron chi connectivity index (χ3n) is 8.59. The lowest BCUT2D eigenvalue weighted by Gasteiger charge is -2.58. The number of anilines is 1. The zero-order valence-electron chi connectivity index (χ0n) is 18.8. The highest BCUT2D eigenvalue weighted by atomic mass is 19.1. The molecule has 3 atom stereocenters. The topological polar surface area (TPSA) is 78.4 Å². The monoisotopic (exact) mass is 450 g/mol. The van der Waals surface area contributed by atoms with Gasteiger partial charge in [-0.25, -0.2) is 9.97 Å². The number of nitrogens with zero attached hydrogens (tertiary/aromatic N) is 3. The molecule has 0 radical (unpaired) electrons. The summed E-state index contributed by atoms with van der Waals surface area (Å²) < 4.78 is 13.1. The molecular weight excluding hydrogens is 419 g/mol. The summed E-state index contributed by atoms with van der Waals surface area (Å²) in [5.41, 5.74) is 1.47. The minimum atomic E-state index is -0.491. The van der Waals surface area contributed by atoms with Crippen LogP contribution in [0, 0.1) is 29.1 Å². The van der Waals surface area contributed by atoms with Gasteiger partial charge in [0, 0.05) is 42.7 Å². The molecule has 7 rings (SSSR count). The predicted octanol–water partition coefficient (Wildman–Crippen LogP) is 3.55. The number of amides is 1. The molecule has 6 nitrogen and oxygen atoms in total. The van der Waals surface area contributed by atoms with Crippen LogP contribution in [-0.2, 0) is 4.79 Å². The summed E-state index contributed by atoms with van der Waals surface area (Å²) in [6.07, 6.45) is 10.00. The van der Waals surface area contributed by atoms with Crippen LogP contribution < -0.4 is 10.2 Å². The maximum Gasteiger partial charge on any atom is 0.226 e. The fraction of sp³-hybridized carbons (Fsp3) is 0.577. The van der Waals surface area contributed by atoms with Gasteiger partial charge in [-0.2, -0.15) is 4.39 Å². The number of piperidine rings is 1. The predicted molar refractivity (Wildman–Crippen MR) is 123 cm³/mol.